The molecule has 2 heterocycles. The van der Waals surface area contributed by atoms with E-state index < -0.39 is 0 Å². The van der Waals surface area contributed by atoms with Gasteiger partial charge in [-0.2, -0.15) is 4.98 Å². The maximum Gasteiger partial charge on any atom is 0.213 e. The van der Waals surface area contributed by atoms with Gasteiger partial charge in [0.1, 0.15) is 11.4 Å². The second kappa shape index (κ2) is 4.52. The minimum atomic E-state index is 0.141. The summed E-state index contributed by atoms with van der Waals surface area (Å²) in [6, 6.07) is 3.45. The fraction of sp³-hybridized carbons (Fsp3) is 0.200. The largest absolute Gasteiger partial charge is 0.483 e. The summed E-state index contributed by atoms with van der Waals surface area (Å²) in [5.74, 6) is 0.822. The highest BCUT2D eigenvalue weighted by Gasteiger charge is 2.06. The predicted molar refractivity (Wildman–Crippen MR) is 53.0 cm³/mol. The summed E-state index contributed by atoms with van der Waals surface area (Å²) in [6.07, 6.45) is 1.87. The van der Waals surface area contributed by atoms with Gasteiger partial charge in [-0.15, -0.1) is 0 Å². The maximum absolute atomic E-state index is 10.7. The third-order valence-electron chi connectivity index (χ3n) is 1.90. The van der Waals surface area contributed by atoms with Crippen molar-refractivity contribution in [2.24, 2.45) is 0 Å². The lowest BCUT2D eigenvalue weighted by atomic mass is 10.3. The Morgan fingerprint density at radius 1 is 1.50 bits per heavy atom. The van der Waals surface area contributed by atoms with Crippen molar-refractivity contribution in [3.63, 3.8) is 0 Å². The van der Waals surface area contributed by atoms with Crippen molar-refractivity contribution < 1.29 is 14.1 Å². The maximum atomic E-state index is 10.7. The van der Waals surface area contributed by atoms with Crippen LogP contribution in [0.2, 0.25) is 0 Å². The molecule has 0 saturated carbocycles. The Labute approximate surface area is 91.3 Å². The van der Waals surface area contributed by atoms with Crippen LogP contribution in [0.15, 0.2) is 23.0 Å². The number of carbonyl (C=O) groups excluding carboxylic acids is 1. The van der Waals surface area contributed by atoms with Crippen LogP contribution in [0, 0.1) is 6.92 Å². The minimum absolute atomic E-state index is 0.141. The molecule has 0 radical (unpaired) electrons. The molecule has 16 heavy (non-hydrogen) atoms. The molecular formula is C10H9N3O3. The number of nitrogens with zero attached hydrogens (tertiary/aromatic N) is 3. The lowest BCUT2D eigenvalue weighted by Gasteiger charge is -2.05. The molecule has 0 N–H and O–H groups in total. The molecule has 0 aliphatic heterocycles. The van der Waals surface area contributed by atoms with Crippen molar-refractivity contribution >= 4 is 6.29 Å². The normalized spacial score (nSPS) is 10.1. The quantitative estimate of drug-likeness (QED) is 0.718. The van der Waals surface area contributed by atoms with Crippen molar-refractivity contribution in [3.05, 3.63) is 35.7 Å². The van der Waals surface area contributed by atoms with E-state index in [1.165, 1.54) is 6.39 Å². The Morgan fingerprint density at radius 3 is 3.06 bits per heavy atom. The van der Waals surface area contributed by atoms with Crippen molar-refractivity contribution in [2.75, 3.05) is 0 Å². The molecule has 0 atom stereocenters. The third-order valence-corrected chi connectivity index (χ3v) is 1.90. The average Bonchev–Trinajstić information content (AvgIpc) is 2.80. The Morgan fingerprint density at radius 2 is 2.38 bits per heavy atom. The lowest BCUT2D eigenvalue weighted by molar-refractivity contribution is 0.111. The highest BCUT2D eigenvalue weighted by molar-refractivity contribution is 5.76. The lowest BCUT2D eigenvalue weighted by Crippen LogP contribution is -2.02. The predicted octanol–water partition coefficient (Wildman–Crippen LogP) is 1.16. The van der Waals surface area contributed by atoms with Gasteiger partial charge in [-0.3, -0.25) is 4.79 Å². The molecule has 2 aromatic rings. The van der Waals surface area contributed by atoms with Crippen LogP contribution in [0.25, 0.3) is 0 Å². The Bertz CT molecular complexity index is 482. The Balaban J connectivity index is 2.12. The van der Waals surface area contributed by atoms with E-state index in [-0.39, 0.29) is 12.3 Å². The SMILES string of the molecule is Cc1ccc(OCc2ncon2)c(C=O)n1. The molecule has 0 amide bonds. The standard InChI is InChI=1S/C10H9N3O3/c1-7-2-3-9(8(4-14)12-7)15-5-10-11-6-16-13-10/h2-4,6H,5H2,1H3. The zero-order valence-electron chi connectivity index (χ0n) is 8.58. The van der Waals surface area contributed by atoms with Crippen molar-refractivity contribution in [1.82, 2.24) is 15.1 Å². The van der Waals surface area contributed by atoms with Gasteiger partial charge in [0.25, 0.3) is 0 Å². The van der Waals surface area contributed by atoms with Gasteiger partial charge in [0, 0.05) is 5.69 Å². The molecule has 0 spiro atoms. The van der Waals surface area contributed by atoms with Crippen LogP contribution in [0.5, 0.6) is 5.75 Å². The van der Waals surface area contributed by atoms with Crippen molar-refractivity contribution in [2.45, 2.75) is 13.5 Å². The highest BCUT2D eigenvalue weighted by atomic mass is 16.5. The summed E-state index contributed by atoms with van der Waals surface area (Å²) in [4.78, 5) is 18.6. The van der Waals surface area contributed by atoms with Crippen LogP contribution in [-0.2, 0) is 6.61 Å². The first-order valence-electron chi connectivity index (χ1n) is 4.60. The van der Waals surface area contributed by atoms with Gasteiger partial charge >= 0.3 is 0 Å². The number of aryl methyl sites for hydroxylation is 1. The summed E-state index contributed by atoms with van der Waals surface area (Å²) in [5.41, 5.74) is 1.03. The molecule has 6 nitrogen and oxygen atoms in total. The summed E-state index contributed by atoms with van der Waals surface area (Å²) >= 11 is 0. The number of carbonyl (C=O) groups is 1. The van der Waals surface area contributed by atoms with Crippen LogP contribution in [0.4, 0.5) is 0 Å². The van der Waals surface area contributed by atoms with Gasteiger partial charge in [0.05, 0.1) is 0 Å². The molecule has 2 aromatic heterocycles. The average molecular weight is 219 g/mol. The fourth-order valence-corrected chi connectivity index (χ4v) is 1.17. The first-order valence-corrected chi connectivity index (χ1v) is 4.60. The van der Waals surface area contributed by atoms with Crippen molar-refractivity contribution in [1.29, 1.82) is 0 Å². The van der Waals surface area contributed by atoms with Gasteiger partial charge in [0.15, 0.2) is 12.9 Å². The number of hydrogen-bond donors (Lipinski definition) is 0. The van der Waals surface area contributed by atoms with Crippen molar-refractivity contribution in [3.8, 4) is 5.75 Å². The smallest absolute Gasteiger partial charge is 0.213 e. The second-order valence-electron chi connectivity index (χ2n) is 3.09. The molecule has 0 unspecified atom stereocenters. The van der Waals surface area contributed by atoms with Crippen LogP contribution < -0.4 is 4.74 Å². The number of aldehydes is 1. The Hall–Kier alpha value is -2.24. The fourth-order valence-electron chi connectivity index (χ4n) is 1.17. The number of aromatic nitrogens is 3. The molecule has 0 bridgehead atoms. The van der Waals surface area contributed by atoms with Gasteiger partial charge in [0.2, 0.25) is 12.2 Å². The zero-order chi connectivity index (χ0) is 11.4. The molecule has 0 aromatic carbocycles. The highest BCUT2D eigenvalue weighted by Crippen LogP contribution is 2.15. The van der Waals surface area contributed by atoms with Gasteiger partial charge in [-0.25, -0.2) is 4.98 Å². The molecular weight excluding hydrogens is 210 g/mol. The van der Waals surface area contributed by atoms with E-state index >= 15 is 0 Å². The minimum Gasteiger partial charge on any atom is -0.483 e. The van der Waals surface area contributed by atoms with E-state index in [9.17, 15) is 4.79 Å². The van der Waals surface area contributed by atoms with E-state index in [0.29, 0.717) is 17.9 Å². The first-order chi connectivity index (χ1) is 7.79. The number of rotatable bonds is 4. The summed E-state index contributed by atoms with van der Waals surface area (Å²) < 4.78 is 9.90. The summed E-state index contributed by atoms with van der Waals surface area (Å²) in [7, 11) is 0. The number of hydrogen-bond acceptors (Lipinski definition) is 6. The molecule has 0 aliphatic rings. The third kappa shape index (κ3) is 2.22. The van der Waals surface area contributed by atoms with Crippen LogP contribution in [0.3, 0.4) is 0 Å². The topological polar surface area (TPSA) is 78.1 Å². The molecule has 0 saturated heterocycles. The second-order valence-corrected chi connectivity index (χ2v) is 3.09. The number of pyridine rings is 1. The number of ether oxygens (including phenoxy) is 1. The van der Waals surface area contributed by atoms with Gasteiger partial charge < -0.3 is 9.26 Å². The van der Waals surface area contributed by atoms with Gasteiger partial charge in [-0.1, -0.05) is 5.16 Å². The monoisotopic (exact) mass is 219 g/mol. The Kier molecular flexibility index (Phi) is 2.90. The van der Waals surface area contributed by atoms with E-state index in [2.05, 4.69) is 19.6 Å². The van der Waals surface area contributed by atoms with Crippen LogP contribution in [-0.4, -0.2) is 21.4 Å². The van der Waals surface area contributed by atoms with E-state index in [1.54, 1.807) is 19.1 Å². The molecule has 6 heteroatoms. The van der Waals surface area contributed by atoms with Crippen LogP contribution in [0.1, 0.15) is 22.0 Å². The molecule has 2 rings (SSSR count). The molecule has 0 aliphatic carbocycles. The van der Waals surface area contributed by atoms with E-state index in [4.69, 9.17) is 4.74 Å². The van der Waals surface area contributed by atoms with Gasteiger partial charge in [-0.05, 0) is 19.1 Å². The summed E-state index contributed by atoms with van der Waals surface area (Å²) in [5, 5.41) is 3.58. The molecule has 82 valence electrons. The zero-order valence-corrected chi connectivity index (χ0v) is 8.58. The first kappa shape index (κ1) is 10.3. The summed E-state index contributed by atoms with van der Waals surface area (Å²) in [6.45, 7) is 1.94. The van der Waals surface area contributed by atoms with E-state index in [0.717, 1.165) is 5.69 Å². The molecule has 0 fully saturated rings. The van der Waals surface area contributed by atoms with Crippen LogP contribution >= 0.6 is 0 Å². The van der Waals surface area contributed by atoms with E-state index in [1.807, 2.05) is 0 Å².